The van der Waals surface area contributed by atoms with E-state index in [9.17, 15) is 9.59 Å². The van der Waals surface area contributed by atoms with E-state index in [1.54, 1.807) is 17.2 Å². The molecule has 0 aliphatic rings. The molecule has 1 amide bonds. The van der Waals surface area contributed by atoms with Crippen LogP contribution in [0, 0.1) is 6.92 Å². The van der Waals surface area contributed by atoms with Crippen molar-refractivity contribution in [1.82, 2.24) is 9.88 Å². The van der Waals surface area contributed by atoms with E-state index in [4.69, 9.17) is 4.74 Å². The van der Waals surface area contributed by atoms with Gasteiger partial charge in [0.05, 0.1) is 13.2 Å². The van der Waals surface area contributed by atoms with E-state index in [2.05, 4.69) is 4.98 Å². The maximum absolute atomic E-state index is 12.7. The summed E-state index contributed by atoms with van der Waals surface area (Å²) in [5.41, 5.74) is 2.08. The topological polar surface area (TPSA) is 59.5 Å². The molecule has 0 aliphatic heterocycles. The summed E-state index contributed by atoms with van der Waals surface area (Å²) in [4.78, 5) is 30.5. The molecule has 0 N–H and O–H groups in total. The molecule has 0 saturated carbocycles. The standard InChI is InChI=1S/C18H22N2O3S/c1-4-10-20(17(21)14-8-6-13(3)7-9-14)11-16-19-15(12-24-16)18(22)23-5-2/h6-9,12H,4-5,10-11H2,1-3H3. The summed E-state index contributed by atoms with van der Waals surface area (Å²) in [5, 5.41) is 2.40. The molecule has 6 heteroatoms. The first-order valence-electron chi connectivity index (χ1n) is 8.02. The van der Waals surface area contributed by atoms with Crippen molar-refractivity contribution in [2.75, 3.05) is 13.2 Å². The SMILES string of the molecule is CCCN(Cc1nc(C(=O)OCC)cs1)C(=O)c1ccc(C)cc1. The zero-order valence-electron chi connectivity index (χ0n) is 14.2. The van der Waals surface area contributed by atoms with Crippen LogP contribution in [0.3, 0.4) is 0 Å². The van der Waals surface area contributed by atoms with Gasteiger partial charge in [0.25, 0.3) is 5.91 Å². The van der Waals surface area contributed by atoms with E-state index in [-0.39, 0.29) is 5.91 Å². The smallest absolute Gasteiger partial charge is 0.357 e. The lowest BCUT2D eigenvalue weighted by Crippen LogP contribution is -2.31. The second kappa shape index (κ2) is 8.59. The van der Waals surface area contributed by atoms with Crippen LogP contribution >= 0.6 is 11.3 Å². The zero-order chi connectivity index (χ0) is 17.5. The molecule has 0 radical (unpaired) electrons. The fourth-order valence-electron chi connectivity index (χ4n) is 2.25. The minimum absolute atomic E-state index is 0.0234. The molecule has 128 valence electrons. The molecule has 1 aromatic heterocycles. The number of esters is 1. The number of amides is 1. The van der Waals surface area contributed by atoms with Crippen LogP contribution in [-0.2, 0) is 11.3 Å². The van der Waals surface area contributed by atoms with Crippen LogP contribution in [0.5, 0.6) is 0 Å². The summed E-state index contributed by atoms with van der Waals surface area (Å²) in [7, 11) is 0. The highest BCUT2D eigenvalue weighted by Gasteiger charge is 2.18. The molecule has 5 nitrogen and oxygen atoms in total. The largest absolute Gasteiger partial charge is 0.461 e. The highest BCUT2D eigenvalue weighted by molar-refractivity contribution is 7.09. The van der Waals surface area contributed by atoms with Crippen LogP contribution in [-0.4, -0.2) is 34.9 Å². The molecule has 24 heavy (non-hydrogen) atoms. The number of thiazole rings is 1. The summed E-state index contributed by atoms with van der Waals surface area (Å²) in [6.07, 6.45) is 0.855. The summed E-state index contributed by atoms with van der Waals surface area (Å²) in [6, 6.07) is 7.54. The van der Waals surface area contributed by atoms with Gasteiger partial charge in [-0.15, -0.1) is 11.3 Å². The molecule has 0 saturated heterocycles. The molecule has 0 bridgehead atoms. The van der Waals surface area contributed by atoms with Gasteiger partial charge in [0.1, 0.15) is 5.01 Å². The minimum Gasteiger partial charge on any atom is -0.461 e. The summed E-state index contributed by atoms with van der Waals surface area (Å²) in [5.74, 6) is -0.448. The van der Waals surface area contributed by atoms with Crippen LogP contribution in [0.25, 0.3) is 0 Å². The molecule has 2 rings (SSSR count). The van der Waals surface area contributed by atoms with Crippen molar-refractivity contribution >= 4 is 23.2 Å². The fraction of sp³-hybridized carbons (Fsp3) is 0.389. The minimum atomic E-state index is -0.424. The first-order chi connectivity index (χ1) is 11.5. The van der Waals surface area contributed by atoms with Crippen molar-refractivity contribution in [2.45, 2.75) is 33.7 Å². The summed E-state index contributed by atoms with van der Waals surface area (Å²) < 4.78 is 4.95. The third kappa shape index (κ3) is 4.64. The maximum Gasteiger partial charge on any atom is 0.357 e. The van der Waals surface area contributed by atoms with Crippen molar-refractivity contribution in [2.24, 2.45) is 0 Å². The second-order valence-corrected chi connectivity index (χ2v) is 6.38. The van der Waals surface area contributed by atoms with Crippen LogP contribution in [0.4, 0.5) is 0 Å². The number of carbonyl (C=O) groups excluding carboxylic acids is 2. The Kier molecular flexibility index (Phi) is 6.49. The van der Waals surface area contributed by atoms with Gasteiger partial charge in [0.15, 0.2) is 5.69 Å². The molecular formula is C18H22N2O3S. The molecule has 1 aromatic carbocycles. The predicted octanol–water partition coefficient (Wildman–Crippen LogP) is 3.68. The van der Waals surface area contributed by atoms with Gasteiger partial charge in [-0.3, -0.25) is 4.79 Å². The monoisotopic (exact) mass is 346 g/mol. The van der Waals surface area contributed by atoms with Gasteiger partial charge in [-0.1, -0.05) is 24.6 Å². The van der Waals surface area contributed by atoms with Crippen molar-refractivity contribution < 1.29 is 14.3 Å². The van der Waals surface area contributed by atoms with Crippen LogP contribution in [0.2, 0.25) is 0 Å². The van der Waals surface area contributed by atoms with E-state index in [0.717, 1.165) is 17.0 Å². The van der Waals surface area contributed by atoms with Gasteiger partial charge >= 0.3 is 5.97 Å². The van der Waals surface area contributed by atoms with E-state index in [1.165, 1.54) is 11.3 Å². The molecule has 0 aliphatic carbocycles. The maximum atomic E-state index is 12.7. The lowest BCUT2D eigenvalue weighted by atomic mass is 10.1. The quantitative estimate of drug-likeness (QED) is 0.718. The number of aryl methyl sites for hydroxylation is 1. The van der Waals surface area contributed by atoms with Crippen molar-refractivity contribution in [3.63, 3.8) is 0 Å². The van der Waals surface area contributed by atoms with Gasteiger partial charge in [-0.05, 0) is 32.4 Å². The van der Waals surface area contributed by atoms with Crippen molar-refractivity contribution in [3.8, 4) is 0 Å². The first kappa shape index (κ1) is 18.1. The molecule has 1 heterocycles. The number of benzene rings is 1. The Morgan fingerprint density at radius 2 is 1.92 bits per heavy atom. The lowest BCUT2D eigenvalue weighted by molar-refractivity contribution is 0.0520. The number of rotatable bonds is 7. The van der Waals surface area contributed by atoms with E-state index < -0.39 is 5.97 Å². The average molecular weight is 346 g/mol. The number of hydrogen-bond acceptors (Lipinski definition) is 5. The van der Waals surface area contributed by atoms with Gasteiger partial charge in [0, 0.05) is 17.5 Å². The normalized spacial score (nSPS) is 10.5. The van der Waals surface area contributed by atoms with Gasteiger partial charge < -0.3 is 9.64 Å². The van der Waals surface area contributed by atoms with Gasteiger partial charge in [-0.2, -0.15) is 0 Å². The number of carbonyl (C=O) groups is 2. The Balaban J connectivity index is 2.12. The summed E-state index contributed by atoms with van der Waals surface area (Å²) in [6.45, 7) is 7.13. The molecule has 0 atom stereocenters. The molecular weight excluding hydrogens is 324 g/mol. The second-order valence-electron chi connectivity index (χ2n) is 5.44. The molecule has 2 aromatic rings. The Morgan fingerprint density at radius 1 is 1.21 bits per heavy atom. The molecule has 0 spiro atoms. The van der Waals surface area contributed by atoms with Gasteiger partial charge in [0.2, 0.25) is 0 Å². The third-order valence-electron chi connectivity index (χ3n) is 3.44. The Labute approximate surface area is 146 Å². The number of aromatic nitrogens is 1. The highest BCUT2D eigenvalue weighted by atomic mass is 32.1. The van der Waals surface area contributed by atoms with E-state index in [0.29, 0.717) is 31.0 Å². The summed E-state index contributed by atoms with van der Waals surface area (Å²) >= 11 is 1.37. The van der Waals surface area contributed by atoms with E-state index >= 15 is 0 Å². The number of hydrogen-bond donors (Lipinski definition) is 0. The average Bonchev–Trinajstić information content (AvgIpc) is 3.03. The molecule has 0 unspecified atom stereocenters. The Morgan fingerprint density at radius 3 is 2.54 bits per heavy atom. The van der Waals surface area contributed by atoms with Crippen LogP contribution < -0.4 is 0 Å². The zero-order valence-corrected chi connectivity index (χ0v) is 15.1. The lowest BCUT2D eigenvalue weighted by Gasteiger charge is -2.21. The van der Waals surface area contributed by atoms with Crippen molar-refractivity contribution in [1.29, 1.82) is 0 Å². The van der Waals surface area contributed by atoms with Crippen molar-refractivity contribution in [3.05, 3.63) is 51.5 Å². The van der Waals surface area contributed by atoms with Gasteiger partial charge in [-0.25, -0.2) is 9.78 Å². The number of ether oxygens (including phenoxy) is 1. The van der Waals surface area contributed by atoms with Crippen LogP contribution in [0.15, 0.2) is 29.6 Å². The first-order valence-corrected chi connectivity index (χ1v) is 8.90. The third-order valence-corrected chi connectivity index (χ3v) is 4.28. The van der Waals surface area contributed by atoms with E-state index in [1.807, 2.05) is 38.1 Å². The number of nitrogens with zero attached hydrogens (tertiary/aromatic N) is 2. The predicted molar refractivity (Wildman–Crippen MR) is 94.3 cm³/mol. The Hall–Kier alpha value is -2.21. The fourth-order valence-corrected chi connectivity index (χ4v) is 3.02. The Bertz CT molecular complexity index is 695. The van der Waals surface area contributed by atoms with Crippen LogP contribution in [0.1, 0.15) is 51.7 Å². The highest BCUT2D eigenvalue weighted by Crippen LogP contribution is 2.16. The molecule has 0 fully saturated rings.